The molecule has 0 unspecified atom stereocenters. The van der Waals surface area contributed by atoms with Crippen LogP contribution < -0.4 is 5.48 Å². The monoisotopic (exact) mass is 243 g/mol. The minimum Gasteiger partial charge on any atom is -0.272 e. The second kappa shape index (κ2) is 5.23. The molecule has 1 N–H and O–H groups in total. The van der Waals surface area contributed by atoms with E-state index in [1.807, 2.05) is 0 Å². The van der Waals surface area contributed by atoms with E-state index in [1.54, 1.807) is 20.8 Å². The van der Waals surface area contributed by atoms with Crippen molar-refractivity contribution in [2.24, 2.45) is 0 Å². The van der Waals surface area contributed by atoms with Crippen LogP contribution >= 0.6 is 0 Å². The van der Waals surface area contributed by atoms with E-state index in [2.05, 4.69) is 5.48 Å². The minimum absolute atomic E-state index is 0.126. The van der Waals surface area contributed by atoms with Crippen molar-refractivity contribution >= 4 is 5.91 Å². The first-order valence-corrected chi connectivity index (χ1v) is 5.19. The summed E-state index contributed by atoms with van der Waals surface area (Å²) in [7, 11) is 0. The Morgan fingerprint density at radius 1 is 1.35 bits per heavy atom. The number of hydrogen-bond acceptors (Lipinski definition) is 2. The van der Waals surface area contributed by atoms with Crippen LogP contribution in [0.1, 0.15) is 26.3 Å². The Morgan fingerprint density at radius 3 is 2.53 bits per heavy atom. The average molecular weight is 243 g/mol. The number of hydrogen-bond donors (Lipinski definition) is 1. The van der Waals surface area contributed by atoms with Crippen molar-refractivity contribution in [1.82, 2.24) is 5.48 Å². The molecule has 1 rings (SSSR count). The van der Waals surface area contributed by atoms with Crippen LogP contribution in [0, 0.1) is 11.6 Å². The van der Waals surface area contributed by atoms with E-state index in [0.29, 0.717) is 0 Å². The molecule has 3 nitrogen and oxygen atoms in total. The van der Waals surface area contributed by atoms with Crippen molar-refractivity contribution in [2.45, 2.75) is 32.8 Å². The Hall–Kier alpha value is -1.49. The number of benzene rings is 1. The number of nitrogens with one attached hydrogen (secondary N) is 1. The van der Waals surface area contributed by atoms with Crippen molar-refractivity contribution in [3.05, 3.63) is 35.4 Å². The second-order valence-corrected chi connectivity index (χ2v) is 4.65. The molecule has 1 aromatic rings. The topological polar surface area (TPSA) is 38.3 Å². The summed E-state index contributed by atoms with van der Waals surface area (Å²) in [6, 6.07) is 3.09. The fraction of sp³-hybridized carbons (Fsp3) is 0.417. The fourth-order valence-electron chi connectivity index (χ4n) is 1.08. The van der Waals surface area contributed by atoms with Gasteiger partial charge in [0, 0.05) is 6.07 Å². The van der Waals surface area contributed by atoms with Crippen LogP contribution in [0.3, 0.4) is 0 Å². The van der Waals surface area contributed by atoms with Crippen LogP contribution in [0.15, 0.2) is 18.2 Å². The molecular weight excluding hydrogens is 228 g/mol. The lowest BCUT2D eigenvalue weighted by Gasteiger charge is -2.18. The Bertz CT molecular complexity index is 413. The molecule has 0 heterocycles. The zero-order valence-corrected chi connectivity index (χ0v) is 10.0. The summed E-state index contributed by atoms with van der Waals surface area (Å²) in [6.45, 7) is 5.31. The fourth-order valence-corrected chi connectivity index (χ4v) is 1.08. The number of carbonyl (C=O) groups is 1. The first-order valence-electron chi connectivity index (χ1n) is 5.19. The van der Waals surface area contributed by atoms with Gasteiger partial charge in [-0.25, -0.2) is 14.3 Å². The molecular formula is C12H15F2NO2. The SMILES string of the molecule is CC(C)(C)ONC(=O)Cc1ccc(F)cc1F. The van der Waals surface area contributed by atoms with E-state index < -0.39 is 23.1 Å². The highest BCUT2D eigenvalue weighted by Gasteiger charge is 2.14. The van der Waals surface area contributed by atoms with Crippen molar-refractivity contribution in [1.29, 1.82) is 0 Å². The highest BCUT2D eigenvalue weighted by atomic mass is 19.1. The predicted molar refractivity (Wildman–Crippen MR) is 59.0 cm³/mol. The zero-order valence-electron chi connectivity index (χ0n) is 10.0. The largest absolute Gasteiger partial charge is 0.272 e. The molecule has 0 bridgehead atoms. The van der Waals surface area contributed by atoms with E-state index in [9.17, 15) is 13.6 Å². The number of halogens is 2. The van der Waals surface area contributed by atoms with E-state index >= 15 is 0 Å². The summed E-state index contributed by atoms with van der Waals surface area (Å²) in [6.07, 6.45) is -0.192. The van der Waals surface area contributed by atoms with Gasteiger partial charge in [-0.3, -0.25) is 9.63 Å². The number of rotatable bonds is 3. The molecule has 0 radical (unpaired) electrons. The van der Waals surface area contributed by atoms with Crippen LogP contribution in [-0.4, -0.2) is 11.5 Å². The summed E-state index contributed by atoms with van der Waals surface area (Å²) >= 11 is 0. The molecule has 17 heavy (non-hydrogen) atoms. The van der Waals surface area contributed by atoms with E-state index in [0.717, 1.165) is 12.1 Å². The summed E-state index contributed by atoms with van der Waals surface area (Å²) in [5, 5.41) is 0. The van der Waals surface area contributed by atoms with Crippen molar-refractivity contribution < 1.29 is 18.4 Å². The molecule has 0 atom stereocenters. The lowest BCUT2D eigenvalue weighted by Crippen LogP contribution is -2.34. The van der Waals surface area contributed by atoms with E-state index in [4.69, 9.17) is 4.84 Å². The molecule has 5 heteroatoms. The van der Waals surface area contributed by atoms with Crippen LogP contribution in [0.2, 0.25) is 0 Å². The summed E-state index contributed by atoms with van der Waals surface area (Å²) in [5.74, 6) is -1.89. The smallest absolute Gasteiger partial charge is 0.248 e. The highest BCUT2D eigenvalue weighted by Crippen LogP contribution is 2.10. The third-order valence-corrected chi connectivity index (χ3v) is 1.84. The lowest BCUT2D eigenvalue weighted by atomic mass is 10.1. The Balaban J connectivity index is 2.57. The van der Waals surface area contributed by atoms with Crippen LogP contribution in [0.5, 0.6) is 0 Å². The minimum atomic E-state index is -0.740. The van der Waals surface area contributed by atoms with Gasteiger partial charge in [-0.05, 0) is 32.4 Å². The molecule has 0 spiro atoms. The molecule has 1 aromatic carbocycles. The number of amides is 1. The first-order chi connectivity index (χ1) is 7.78. The maximum atomic E-state index is 13.2. The predicted octanol–water partition coefficient (Wildman–Crippen LogP) is 2.35. The summed E-state index contributed by atoms with van der Waals surface area (Å²) in [5.41, 5.74) is 1.82. The number of hydroxylamine groups is 1. The first kappa shape index (κ1) is 13.6. The molecule has 0 aliphatic carbocycles. The Labute approximate surface area is 98.7 Å². The van der Waals surface area contributed by atoms with E-state index in [-0.39, 0.29) is 12.0 Å². The normalized spacial score (nSPS) is 11.4. The van der Waals surface area contributed by atoms with Gasteiger partial charge in [-0.2, -0.15) is 0 Å². The third kappa shape index (κ3) is 4.91. The van der Waals surface area contributed by atoms with Gasteiger partial charge in [0.1, 0.15) is 11.6 Å². The molecule has 1 amide bonds. The quantitative estimate of drug-likeness (QED) is 0.827. The van der Waals surface area contributed by atoms with E-state index in [1.165, 1.54) is 6.07 Å². The highest BCUT2D eigenvalue weighted by molar-refractivity contribution is 5.77. The molecule has 0 saturated heterocycles. The van der Waals surface area contributed by atoms with Crippen LogP contribution in [0.25, 0.3) is 0 Å². The van der Waals surface area contributed by atoms with Crippen LogP contribution in [-0.2, 0) is 16.1 Å². The van der Waals surface area contributed by atoms with Gasteiger partial charge in [0.05, 0.1) is 12.0 Å². The summed E-state index contributed by atoms with van der Waals surface area (Å²) in [4.78, 5) is 16.4. The van der Waals surface area contributed by atoms with Gasteiger partial charge in [0.15, 0.2) is 0 Å². The molecule has 0 aliphatic heterocycles. The van der Waals surface area contributed by atoms with Crippen molar-refractivity contribution in [2.75, 3.05) is 0 Å². The number of carbonyl (C=O) groups excluding carboxylic acids is 1. The van der Waals surface area contributed by atoms with Gasteiger partial charge < -0.3 is 0 Å². The van der Waals surface area contributed by atoms with Gasteiger partial charge >= 0.3 is 0 Å². The van der Waals surface area contributed by atoms with Gasteiger partial charge in [0.2, 0.25) is 5.91 Å². The van der Waals surface area contributed by atoms with Crippen molar-refractivity contribution in [3.63, 3.8) is 0 Å². The maximum Gasteiger partial charge on any atom is 0.248 e. The zero-order chi connectivity index (χ0) is 13.1. The molecule has 0 aliphatic rings. The van der Waals surface area contributed by atoms with Gasteiger partial charge in [0.25, 0.3) is 0 Å². The Kier molecular flexibility index (Phi) is 4.17. The average Bonchev–Trinajstić information content (AvgIpc) is 2.18. The maximum absolute atomic E-state index is 13.2. The standard InChI is InChI=1S/C12H15F2NO2/c1-12(2,3)17-15-11(16)6-8-4-5-9(13)7-10(8)14/h4-5,7H,6H2,1-3H3,(H,15,16). The Morgan fingerprint density at radius 2 is 2.00 bits per heavy atom. The molecule has 0 saturated carbocycles. The van der Waals surface area contributed by atoms with Gasteiger partial charge in [-0.15, -0.1) is 0 Å². The van der Waals surface area contributed by atoms with Crippen LogP contribution in [0.4, 0.5) is 8.78 Å². The molecule has 0 fully saturated rings. The third-order valence-electron chi connectivity index (χ3n) is 1.84. The summed E-state index contributed by atoms with van der Waals surface area (Å²) < 4.78 is 25.8. The second-order valence-electron chi connectivity index (χ2n) is 4.65. The lowest BCUT2D eigenvalue weighted by molar-refractivity contribution is -0.144. The van der Waals surface area contributed by atoms with Gasteiger partial charge in [-0.1, -0.05) is 6.07 Å². The molecule has 94 valence electrons. The molecule has 0 aromatic heterocycles. The van der Waals surface area contributed by atoms with Crippen molar-refractivity contribution in [3.8, 4) is 0 Å².